The Kier molecular flexibility index (Phi) is 6.13. The van der Waals surface area contributed by atoms with Crippen LogP contribution in [0.4, 0.5) is 0 Å². The van der Waals surface area contributed by atoms with Crippen molar-refractivity contribution in [2.45, 2.75) is 37.2 Å². The number of nitrogens with zero attached hydrogens (tertiary/aromatic N) is 1. The summed E-state index contributed by atoms with van der Waals surface area (Å²) >= 11 is 0. The first-order valence-electron chi connectivity index (χ1n) is 9.08. The molecule has 2 aromatic carbocycles. The molecule has 2 aromatic rings. The molecule has 0 spiro atoms. The minimum Gasteiger partial charge on any atom is -0.494 e. The lowest BCUT2D eigenvalue weighted by molar-refractivity contribution is -0.124. The van der Waals surface area contributed by atoms with Gasteiger partial charge >= 0.3 is 0 Å². The number of hydrogen-bond donors (Lipinski definition) is 1. The number of hydrogen-bond acceptors (Lipinski definition) is 4. The summed E-state index contributed by atoms with van der Waals surface area (Å²) in [5.74, 6) is 0.362. The van der Waals surface area contributed by atoms with E-state index in [1.807, 2.05) is 37.3 Å². The van der Waals surface area contributed by atoms with E-state index in [0.29, 0.717) is 38.3 Å². The molecule has 0 bridgehead atoms. The lowest BCUT2D eigenvalue weighted by Crippen LogP contribution is -2.45. The zero-order valence-corrected chi connectivity index (χ0v) is 16.1. The van der Waals surface area contributed by atoms with Crippen LogP contribution >= 0.6 is 0 Å². The third-order valence-corrected chi connectivity index (χ3v) is 6.48. The van der Waals surface area contributed by atoms with E-state index in [0.717, 1.165) is 5.56 Å². The number of sulfonamides is 1. The van der Waals surface area contributed by atoms with E-state index in [1.54, 1.807) is 12.1 Å². The standard InChI is InChI=1S/C20H24N2O4S/c1-2-26-17-10-12-18(13-11-17)27(24,25)22-14-6-9-19(22)20(23)21-15-16-7-4-3-5-8-16/h3-5,7-8,10-13,19H,2,6,9,14-15H2,1H3,(H,21,23)/t19-/m1/s1. The van der Waals surface area contributed by atoms with Crippen molar-refractivity contribution in [3.63, 3.8) is 0 Å². The molecule has 1 N–H and O–H groups in total. The summed E-state index contributed by atoms with van der Waals surface area (Å²) in [5, 5.41) is 2.86. The molecule has 1 amide bonds. The van der Waals surface area contributed by atoms with E-state index in [4.69, 9.17) is 4.74 Å². The Morgan fingerprint density at radius 3 is 2.52 bits per heavy atom. The molecule has 1 heterocycles. The minimum atomic E-state index is -3.73. The fourth-order valence-corrected chi connectivity index (χ4v) is 4.86. The van der Waals surface area contributed by atoms with Gasteiger partial charge in [0.1, 0.15) is 11.8 Å². The van der Waals surface area contributed by atoms with Crippen molar-refractivity contribution in [2.24, 2.45) is 0 Å². The van der Waals surface area contributed by atoms with Gasteiger partial charge in [-0.05, 0) is 49.6 Å². The molecule has 1 aliphatic rings. The fraction of sp³-hybridized carbons (Fsp3) is 0.350. The van der Waals surface area contributed by atoms with Crippen LogP contribution in [0.25, 0.3) is 0 Å². The molecular weight excluding hydrogens is 364 g/mol. The highest BCUT2D eigenvalue weighted by molar-refractivity contribution is 7.89. The van der Waals surface area contributed by atoms with Crippen molar-refractivity contribution >= 4 is 15.9 Å². The van der Waals surface area contributed by atoms with Crippen LogP contribution < -0.4 is 10.1 Å². The highest BCUT2D eigenvalue weighted by atomic mass is 32.2. The molecule has 0 saturated carbocycles. The maximum atomic E-state index is 13.0. The van der Waals surface area contributed by atoms with Crippen molar-refractivity contribution < 1.29 is 17.9 Å². The summed E-state index contributed by atoms with van der Waals surface area (Å²) in [6, 6.07) is 15.2. The monoisotopic (exact) mass is 388 g/mol. The highest BCUT2D eigenvalue weighted by Gasteiger charge is 2.39. The quantitative estimate of drug-likeness (QED) is 0.791. The first-order chi connectivity index (χ1) is 13.0. The second-order valence-corrected chi connectivity index (χ2v) is 8.27. The van der Waals surface area contributed by atoms with E-state index in [2.05, 4.69) is 5.32 Å². The fourth-order valence-electron chi connectivity index (χ4n) is 3.20. The molecule has 0 aromatic heterocycles. The largest absolute Gasteiger partial charge is 0.494 e. The van der Waals surface area contributed by atoms with Crippen LogP contribution in [0.15, 0.2) is 59.5 Å². The van der Waals surface area contributed by atoms with E-state index in [-0.39, 0.29) is 10.8 Å². The Morgan fingerprint density at radius 1 is 1.15 bits per heavy atom. The molecule has 1 fully saturated rings. The summed E-state index contributed by atoms with van der Waals surface area (Å²) in [4.78, 5) is 12.8. The molecule has 6 nitrogen and oxygen atoms in total. The number of ether oxygens (including phenoxy) is 1. The van der Waals surface area contributed by atoms with Gasteiger partial charge in [0.25, 0.3) is 0 Å². The van der Waals surface area contributed by atoms with Gasteiger partial charge in [-0.25, -0.2) is 8.42 Å². The number of amides is 1. The van der Waals surface area contributed by atoms with E-state index in [1.165, 1.54) is 16.4 Å². The van der Waals surface area contributed by atoms with E-state index >= 15 is 0 Å². The van der Waals surface area contributed by atoms with Crippen molar-refractivity contribution in [2.75, 3.05) is 13.2 Å². The van der Waals surface area contributed by atoms with Crippen LogP contribution in [0, 0.1) is 0 Å². The topological polar surface area (TPSA) is 75.7 Å². The maximum Gasteiger partial charge on any atom is 0.243 e. The molecule has 7 heteroatoms. The molecule has 0 unspecified atom stereocenters. The average Bonchev–Trinajstić information content (AvgIpc) is 3.18. The smallest absolute Gasteiger partial charge is 0.243 e. The second-order valence-electron chi connectivity index (χ2n) is 6.38. The molecule has 3 rings (SSSR count). The van der Waals surface area contributed by atoms with Gasteiger partial charge in [0.15, 0.2) is 0 Å². The molecule has 0 aliphatic carbocycles. The number of carbonyl (C=O) groups excluding carboxylic acids is 1. The van der Waals surface area contributed by atoms with Crippen LogP contribution in [-0.2, 0) is 21.4 Å². The van der Waals surface area contributed by atoms with Gasteiger partial charge in [0.2, 0.25) is 15.9 Å². The molecule has 1 atom stereocenters. The van der Waals surface area contributed by atoms with Gasteiger partial charge in [-0.1, -0.05) is 30.3 Å². The highest BCUT2D eigenvalue weighted by Crippen LogP contribution is 2.27. The van der Waals surface area contributed by atoms with Gasteiger partial charge in [-0.2, -0.15) is 4.31 Å². The Balaban J connectivity index is 1.71. The van der Waals surface area contributed by atoms with Gasteiger partial charge in [-0.3, -0.25) is 4.79 Å². The van der Waals surface area contributed by atoms with Crippen LogP contribution in [-0.4, -0.2) is 37.8 Å². The first-order valence-corrected chi connectivity index (χ1v) is 10.5. The van der Waals surface area contributed by atoms with Crippen LogP contribution in [0.3, 0.4) is 0 Å². The molecule has 1 saturated heterocycles. The Hall–Kier alpha value is -2.38. The van der Waals surface area contributed by atoms with Gasteiger partial charge in [0.05, 0.1) is 11.5 Å². The third-order valence-electron chi connectivity index (χ3n) is 4.56. The summed E-state index contributed by atoms with van der Waals surface area (Å²) in [6.07, 6.45) is 1.19. The van der Waals surface area contributed by atoms with Crippen molar-refractivity contribution in [3.8, 4) is 5.75 Å². The lowest BCUT2D eigenvalue weighted by Gasteiger charge is -2.23. The van der Waals surface area contributed by atoms with Gasteiger partial charge in [-0.15, -0.1) is 0 Å². The Morgan fingerprint density at radius 2 is 1.85 bits per heavy atom. The first kappa shape index (κ1) is 19.4. The van der Waals surface area contributed by atoms with E-state index < -0.39 is 16.1 Å². The number of rotatable bonds is 7. The van der Waals surface area contributed by atoms with Crippen LogP contribution in [0.1, 0.15) is 25.3 Å². The van der Waals surface area contributed by atoms with Crippen molar-refractivity contribution in [1.29, 1.82) is 0 Å². The zero-order valence-electron chi connectivity index (χ0n) is 15.3. The van der Waals surface area contributed by atoms with Crippen molar-refractivity contribution in [3.05, 3.63) is 60.2 Å². The molecule has 0 radical (unpaired) electrons. The third kappa shape index (κ3) is 4.48. The average molecular weight is 388 g/mol. The molecule has 144 valence electrons. The molecule has 1 aliphatic heterocycles. The maximum absolute atomic E-state index is 13.0. The summed E-state index contributed by atoms with van der Waals surface area (Å²) in [6.45, 7) is 3.11. The molecular formula is C20H24N2O4S. The lowest BCUT2D eigenvalue weighted by atomic mass is 10.2. The molecule has 27 heavy (non-hydrogen) atoms. The van der Waals surface area contributed by atoms with Crippen LogP contribution in [0.5, 0.6) is 5.75 Å². The second kappa shape index (κ2) is 8.54. The van der Waals surface area contributed by atoms with Crippen molar-refractivity contribution in [1.82, 2.24) is 9.62 Å². The zero-order chi connectivity index (χ0) is 19.3. The number of carbonyl (C=O) groups is 1. The summed E-state index contributed by atoms with van der Waals surface area (Å²) < 4.78 is 32.7. The minimum absolute atomic E-state index is 0.175. The number of benzene rings is 2. The number of nitrogens with one attached hydrogen (secondary N) is 1. The Labute approximate surface area is 160 Å². The van der Waals surface area contributed by atoms with E-state index in [9.17, 15) is 13.2 Å². The Bertz CT molecular complexity index is 867. The predicted octanol–water partition coefficient (Wildman–Crippen LogP) is 2.55. The normalized spacial score (nSPS) is 17.6. The van der Waals surface area contributed by atoms with Gasteiger partial charge in [0, 0.05) is 13.1 Å². The predicted molar refractivity (Wildman–Crippen MR) is 103 cm³/mol. The summed E-state index contributed by atoms with van der Waals surface area (Å²) in [7, 11) is -3.73. The van der Waals surface area contributed by atoms with Crippen LogP contribution in [0.2, 0.25) is 0 Å². The SMILES string of the molecule is CCOc1ccc(S(=O)(=O)N2CCC[C@@H]2C(=O)NCc2ccccc2)cc1. The summed E-state index contributed by atoms with van der Waals surface area (Å²) in [5.41, 5.74) is 0.977. The van der Waals surface area contributed by atoms with Gasteiger partial charge < -0.3 is 10.1 Å².